The van der Waals surface area contributed by atoms with Gasteiger partial charge in [0.05, 0.1) is 6.04 Å². The first-order valence-corrected chi connectivity index (χ1v) is 8.67. The van der Waals surface area contributed by atoms with Crippen LogP contribution in [0.3, 0.4) is 0 Å². The van der Waals surface area contributed by atoms with Crippen LogP contribution in [0.4, 0.5) is 0 Å². The van der Waals surface area contributed by atoms with Gasteiger partial charge in [-0.3, -0.25) is 9.98 Å². The molecule has 1 atom stereocenters. The van der Waals surface area contributed by atoms with Crippen LogP contribution >= 0.6 is 11.6 Å². The lowest BCUT2D eigenvalue weighted by Gasteiger charge is -2.18. The van der Waals surface area contributed by atoms with Crippen LogP contribution in [0.25, 0.3) is 0 Å². The number of benzene rings is 1. The predicted molar refractivity (Wildman–Crippen MR) is 102 cm³/mol. The van der Waals surface area contributed by atoms with Crippen LogP contribution in [0.1, 0.15) is 36.6 Å². The number of nitrogens with zero attached hydrogens (tertiary/aromatic N) is 2. The van der Waals surface area contributed by atoms with Crippen molar-refractivity contribution in [2.75, 3.05) is 13.1 Å². The van der Waals surface area contributed by atoms with Crippen LogP contribution in [0.2, 0.25) is 5.02 Å². The largest absolute Gasteiger partial charge is 0.357 e. The maximum absolute atomic E-state index is 5.95. The molecule has 4 nitrogen and oxygen atoms in total. The first-order valence-electron chi connectivity index (χ1n) is 8.30. The number of rotatable bonds is 6. The monoisotopic (exact) mass is 344 g/mol. The van der Waals surface area contributed by atoms with Crippen molar-refractivity contribution in [3.8, 4) is 0 Å². The SMILES string of the molecule is CCNC(=NCCc1ccncc1C)NC(C)c1ccc(Cl)cc1. The maximum Gasteiger partial charge on any atom is 0.191 e. The van der Waals surface area contributed by atoms with E-state index in [2.05, 4.69) is 47.4 Å². The molecule has 128 valence electrons. The van der Waals surface area contributed by atoms with Gasteiger partial charge in [0, 0.05) is 30.5 Å². The van der Waals surface area contributed by atoms with E-state index in [0.717, 1.165) is 30.5 Å². The van der Waals surface area contributed by atoms with Gasteiger partial charge in [-0.1, -0.05) is 23.7 Å². The Bertz CT molecular complexity index is 667. The molecule has 1 aromatic carbocycles. The zero-order valence-corrected chi connectivity index (χ0v) is 15.3. The van der Waals surface area contributed by atoms with Crippen molar-refractivity contribution in [1.82, 2.24) is 15.6 Å². The molecular formula is C19H25ClN4. The van der Waals surface area contributed by atoms with E-state index < -0.39 is 0 Å². The Balaban J connectivity index is 1.97. The lowest BCUT2D eigenvalue weighted by atomic mass is 10.1. The van der Waals surface area contributed by atoms with Gasteiger partial charge >= 0.3 is 0 Å². The second kappa shape index (κ2) is 9.28. The molecule has 2 rings (SSSR count). The zero-order valence-electron chi connectivity index (χ0n) is 14.5. The molecule has 0 radical (unpaired) electrons. The molecule has 5 heteroatoms. The van der Waals surface area contributed by atoms with Gasteiger partial charge in [-0.2, -0.15) is 0 Å². The van der Waals surface area contributed by atoms with E-state index in [-0.39, 0.29) is 6.04 Å². The average Bonchev–Trinajstić information content (AvgIpc) is 2.57. The average molecular weight is 345 g/mol. The minimum Gasteiger partial charge on any atom is -0.357 e. The van der Waals surface area contributed by atoms with Crippen molar-refractivity contribution < 1.29 is 0 Å². The van der Waals surface area contributed by atoms with Crippen LogP contribution in [-0.4, -0.2) is 24.0 Å². The van der Waals surface area contributed by atoms with Crippen LogP contribution in [0.15, 0.2) is 47.7 Å². The Kier molecular flexibility index (Phi) is 7.07. The summed E-state index contributed by atoms with van der Waals surface area (Å²) in [6.45, 7) is 7.82. The Labute approximate surface area is 149 Å². The Morgan fingerprint density at radius 2 is 2.00 bits per heavy atom. The van der Waals surface area contributed by atoms with Crippen molar-refractivity contribution >= 4 is 17.6 Å². The van der Waals surface area contributed by atoms with Crippen molar-refractivity contribution in [3.63, 3.8) is 0 Å². The fraction of sp³-hybridized carbons (Fsp3) is 0.368. The van der Waals surface area contributed by atoms with Crippen LogP contribution < -0.4 is 10.6 Å². The molecule has 0 aliphatic carbocycles. The summed E-state index contributed by atoms with van der Waals surface area (Å²) in [5.74, 6) is 0.826. The van der Waals surface area contributed by atoms with Gasteiger partial charge in [-0.25, -0.2) is 0 Å². The normalized spacial score (nSPS) is 12.8. The lowest BCUT2D eigenvalue weighted by Crippen LogP contribution is -2.38. The number of nitrogens with one attached hydrogen (secondary N) is 2. The first kappa shape index (κ1) is 18.3. The fourth-order valence-electron chi connectivity index (χ4n) is 2.43. The first-order chi connectivity index (χ1) is 11.6. The van der Waals surface area contributed by atoms with Gasteiger partial charge in [-0.15, -0.1) is 0 Å². The molecule has 1 unspecified atom stereocenters. The number of hydrogen-bond donors (Lipinski definition) is 2. The van der Waals surface area contributed by atoms with Gasteiger partial charge in [0.2, 0.25) is 0 Å². The molecule has 1 aromatic heterocycles. The van der Waals surface area contributed by atoms with Gasteiger partial charge in [0.1, 0.15) is 0 Å². The third-order valence-electron chi connectivity index (χ3n) is 3.85. The smallest absolute Gasteiger partial charge is 0.191 e. The molecule has 0 fully saturated rings. The summed E-state index contributed by atoms with van der Waals surface area (Å²) in [6, 6.07) is 10.1. The van der Waals surface area contributed by atoms with Gasteiger partial charge in [-0.05, 0) is 62.1 Å². The summed E-state index contributed by atoms with van der Waals surface area (Å²) in [5, 5.41) is 7.48. The molecule has 0 amide bonds. The van der Waals surface area contributed by atoms with E-state index in [1.807, 2.05) is 36.7 Å². The number of aromatic nitrogens is 1. The van der Waals surface area contributed by atoms with Crippen LogP contribution in [0.5, 0.6) is 0 Å². The van der Waals surface area contributed by atoms with Crippen molar-refractivity contribution in [2.45, 2.75) is 33.2 Å². The summed E-state index contributed by atoms with van der Waals surface area (Å²) in [5.41, 5.74) is 3.67. The third-order valence-corrected chi connectivity index (χ3v) is 4.11. The molecule has 1 heterocycles. The molecule has 2 N–H and O–H groups in total. The number of guanidine groups is 1. The number of aryl methyl sites for hydroxylation is 1. The van der Waals surface area contributed by atoms with E-state index in [0.29, 0.717) is 0 Å². The van der Waals surface area contributed by atoms with Crippen LogP contribution in [0, 0.1) is 6.92 Å². The molecule has 0 aliphatic rings. The summed E-state index contributed by atoms with van der Waals surface area (Å²) < 4.78 is 0. The second-order valence-electron chi connectivity index (χ2n) is 5.73. The quantitative estimate of drug-likeness (QED) is 0.617. The highest BCUT2D eigenvalue weighted by atomic mass is 35.5. The molecule has 0 aliphatic heterocycles. The maximum atomic E-state index is 5.95. The minimum atomic E-state index is 0.155. The highest BCUT2D eigenvalue weighted by Gasteiger charge is 2.07. The summed E-state index contributed by atoms with van der Waals surface area (Å²) in [6.07, 6.45) is 4.63. The molecule has 24 heavy (non-hydrogen) atoms. The molecule has 0 spiro atoms. The number of hydrogen-bond acceptors (Lipinski definition) is 2. The molecule has 0 saturated carbocycles. The number of halogens is 1. The molecule has 0 saturated heterocycles. The van der Waals surface area contributed by atoms with E-state index in [9.17, 15) is 0 Å². The Morgan fingerprint density at radius 3 is 2.67 bits per heavy atom. The topological polar surface area (TPSA) is 49.3 Å². The molecular weight excluding hydrogens is 320 g/mol. The highest BCUT2D eigenvalue weighted by molar-refractivity contribution is 6.30. The predicted octanol–water partition coefficient (Wildman–Crippen LogP) is 3.90. The van der Waals surface area contributed by atoms with E-state index in [1.165, 1.54) is 16.7 Å². The van der Waals surface area contributed by atoms with Gasteiger partial charge in [0.15, 0.2) is 5.96 Å². The zero-order chi connectivity index (χ0) is 17.4. The Hall–Kier alpha value is -2.07. The minimum absolute atomic E-state index is 0.155. The summed E-state index contributed by atoms with van der Waals surface area (Å²) in [7, 11) is 0. The van der Waals surface area contributed by atoms with Gasteiger partial charge in [0.25, 0.3) is 0 Å². The third kappa shape index (κ3) is 5.53. The lowest BCUT2D eigenvalue weighted by molar-refractivity contribution is 0.686. The molecule has 0 bridgehead atoms. The second-order valence-corrected chi connectivity index (χ2v) is 6.17. The van der Waals surface area contributed by atoms with E-state index in [4.69, 9.17) is 11.6 Å². The summed E-state index contributed by atoms with van der Waals surface area (Å²) in [4.78, 5) is 8.81. The van der Waals surface area contributed by atoms with E-state index in [1.54, 1.807) is 0 Å². The van der Waals surface area contributed by atoms with Crippen molar-refractivity contribution in [2.24, 2.45) is 4.99 Å². The van der Waals surface area contributed by atoms with Gasteiger partial charge < -0.3 is 10.6 Å². The van der Waals surface area contributed by atoms with E-state index >= 15 is 0 Å². The highest BCUT2D eigenvalue weighted by Crippen LogP contribution is 2.15. The van der Waals surface area contributed by atoms with Crippen molar-refractivity contribution in [1.29, 1.82) is 0 Å². The standard InChI is InChI=1S/C19H25ClN4/c1-4-22-19(23-12-10-16-9-11-21-13-14(16)2)24-15(3)17-5-7-18(20)8-6-17/h5-9,11,13,15H,4,10,12H2,1-3H3,(H2,22,23,24). The van der Waals surface area contributed by atoms with Crippen LogP contribution in [-0.2, 0) is 6.42 Å². The number of pyridine rings is 1. The van der Waals surface area contributed by atoms with Crippen molar-refractivity contribution in [3.05, 3.63) is 64.4 Å². The molecule has 2 aromatic rings. The fourth-order valence-corrected chi connectivity index (χ4v) is 2.56. The summed E-state index contributed by atoms with van der Waals surface area (Å²) >= 11 is 5.95. The number of aliphatic imine (C=N–C) groups is 1. The Morgan fingerprint density at radius 1 is 1.25 bits per heavy atom.